The zero-order chi connectivity index (χ0) is 15.0. The zero-order valence-electron chi connectivity index (χ0n) is 12.8. The summed E-state index contributed by atoms with van der Waals surface area (Å²) in [5, 5.41) is 0. The van der Waals surface area contributed by atoms with Crippen molar-refractivity contribution in [2.45, 2.75) is 62.9 Å². The van der Waals surface area contributed by atoms with Gasteiger partial charge in [0, 0.05) is 47.3 Å². The number of hydrogen-bond acceptors (Lipinski definition) is 2. The van der Waals surface area contributed by atoms with Gasteiger partial charge in [-0.05, 0) is 0 Å². The summed E-state index contributed by atoms with van der Waals surface area (Å²) in [6, 6.07) is 0. The van der Waals surface area contributed by atoms with Gasteiger partial charge >= 0.3 is 133 Å². The van der Waals surface area contributed by atoms with E-state index in [4.69, 9.17) is 20.0 Å². The quantitative estimate of drug-likeness (QED) is 0.408. The molecular weight excluding hydrogens is 647 g/mol. The van der Waals surface area contributed by atoms with Gasteiger partial charge in [0.25, 0.3) is 0 Å². The predicted octanol–water partition coefficient (Wildman–Crippen LogP) is 3.28. The maximum atomic E-state index is 10.6. The number of carbonyl (C=O) groups is 2. The summed E-state index contributed by atoms with van der Waals surface area (Å²) >= 11 is -0.879. The molecule has 8 heteroatoms. The van der Waals surface area contributed by atoms with E-state index in [1.165, 1.54) is 0 Å². The molecule has 0 unspecified atom stereocenters. The molecule has 0 aromatic heterocycles. The third-order valence-electron chi connectivity index (χ3n) is 1.89. The van der Waals surface area contributed by atoms with Gasteiger partial charge in [-0.15, -0.1) is 0 Å². The van der Waals surface area contributed by atoms with E-state index in [1.54, 1.807) is 13.8 Å². The molecule has 8 radical (unpaired) electrons. The summed E-state index contributed by atoms with van der Waals surface area (Å²) in [5.41, 5.74) is 0. The second kappa shape index (κ2) is 15.1. The normalized spacial score (nSPS) is 10.4. The molecule has 2 nitrogen and oxygen atoms in total. The molecule has 0 atom stereocenters. The van der Waals surface area contributed by atoms with Gasteiger partial charge in [0.2, 0.25) is 0 Å². The van der Waals surface area contributed by atoms with Crippen LogP contribution in [0, 0.1) is 0 Å². The minimum absolute atomic E-state index is 0. The van der Waals surface area contributed by atoms with Gasteiger partial charge in [-0.25, -0.2) is 0 Å². The Kier molecular flexibility index (Phi) is 23.1. The topological polar surface area (TPSA) is 34.1 Å². The Labute approximate surface area is 178 Å². The van der Waals surface area contributed by atoms with Crippen LogP contribution in [0.3, 0.4) is 0 Å². The standard InChI is InChI=1S/2C6H11ClGeO.2Te/c2*1-5(9)4-6(2,3)8-7;;/h2*4H2,1-3H3;;. The van der Waals surface area contributed by atoms with Gasteiger partial charge in [0.1, 0.15) is 0 Å². The van der Waals surface area contributed by atoms with E-state index in [2.05, 4.69) is 0 Å². The second-order valence-corrected chi connectivity index (χ2v) is 14.2. The van der Waals surface area contributed by atoms with Crippen LogP contribution in [0.25, 0.3) is 0 Å². The fraction of sp³-hybridized carbons (Fsp3) is 0.833. The Hall–Kier alpha value is 2.58. The molecule has 0 N–H and O–H groups in total. The summed E-state index contributed by atoms with van der Waals surface area (Å²) < 4.78 is 0.209. The van der Waals surface area contributed by atoms with Crippen molar-refractivity contribution in [3.8, 4) is 0 Å². The number of ketones is 2. The van der Waals surface area contributed by atoms with Crippen molar-refractivity contribution in [1.82, 2.24) is 0 Å². The molecule has 0 saturated carbocycles. The van der Waals surface area contributed by atoms with Crippen molar-refractivity contribution >= 4 is 108 Å². The molecule has 0 amide bonds. The SMILES string of the molecule is CC(=O)C[C](C)(C)[Ge][Cl].CC(=O)C[C](C)(C)[Ge][Cl].[Te].[Te]. The molecule has 0 aromatic rings. The van der Waals surface area contributed by atoms with Gasteiger partial charge in [-0.2, -0.15) is 0 Å². The molecule has 116 valence electrons. The van der Waals surface area contributed by atoms with Crippen molar-refractivity contribution < 1.29 is 9.59 Å². The van der Waals surface area contributed by atoms with E-state index in [0.717, 1.165) is 0 Å². The van der Waals surface area contributed by atoms with Crippen LogP contribution in [-0.4, -0.2) is 87.9 Å². The minimum Gasteiger partial charge on any atom is 0 e. The van der Waals surface area contributed by atoms with Gasteiger partial charge in [0.05, 0.1) is 0 Å². The largest absolute Gasteiger partial charge is 0 e. The van der Waals surface area contributed by atoms with E-state index in [-0.39, 0.29) is 67.4 Å². The van der Waals surface area contributed by atoms with Crippen LogP contribution in [-0.2, 0) is 9.59 Å². The molecule has 0 spiro atoms. The molecule has 0 aromatic carbocycles. The monoisotopic (exact) mass is 676 g/mol. The van der Waals surface area contributed by atoms with Gasteiger partial charge < -0.3 is 0 Å². The van der Waals surface area contributed by atoms with Crippen LogP contribution in [0.5, 0.6) is 0 Å². The molecule has 0 rings (SSSR count). The van der Waals surface area contributed by atoms with Crippen LogP contribution in [0.15, 0.2) is 0 Å². The van der Waals surface area contributed by atoms with Crippen LogP contribution in [0.1, 0.15) is 54.4 Å². The second-order valence-electron chi connectivity index (χ2n) is 5.71. The van der Waals surface area contributed by atoms with Crippen LogP contribution >= 0.6 is 20.0 Å². The third kappa shape index (κ3) is 22.9. The third-order valence-corrected chi connectivity index (χ3v) is 10.1. The zero-order valence-corrected chi connectivity index (χ0v) is 23.2. The molecular formula is C12H22Cl2Ge2O2Te2. The molecule has 0 aliphatic rings. The Morgan fingerprint density at radius 2 is 1.00 bits per heavy atom. The summed E-state index contributed by atoms with van der Waals surface area (Å²) in [6.45, 7) is 11.4. The smallest absolute Gasteiger partial charge is 0 e. The van der Waals surface area contributed by atoms with Crippen molar-refractivity contribution in [3.63, 3.8) is 0 Å². The Morgan fingerprint density at radius 1 is 0.800 bits per heavy atom. The number of halogens is 2. The Balaban J connectivity index is -0.000000116. The number of rotatable bonds is 6. The van der Waals surface area contributed by atoms with Crippen molar-refractivity contribution in [3.05, 3.63) is 0 Å². The van der Waals surface area contributed by atoms with E-state index in [0.29, 0.717) is 12.8 Å². The molecule has 0 aliphatic heterocycles. The van der Waals surface area contributed by atoms with Crippen molar-refractivity contribution in [1.29, 1.82) is 0 Å². The maximum Gasteiger partial charge on any atom is 0 e. The van der Waals surface area contributed by atoms with Gasteiger partial charge in [-0.3, -0.25) is 0 Å². The number of carbonyl (C=O) groups excluding carboxylic acids is 2. The average molecular weight is 670 g/mol. The first-order valence-corrected chi connectivity index (χ1v) is 13.3. The Bertz CT molecular complexity index is 261. The molecule has 20 heavy (non-hydrogen) atoms. The van der Waals surface area contributed by atoms with Crippen LogP contribution in [0.4, 0.5) is 0 Å². The number of hydrogen-bond donors (Lipinski definition) is 0. The summed E-state index contributed by atoms with van der Waals surface area (Å²) in [4.78, 5) is 21.2. The first kappa shape index (κ1) is 30.5. The molecule has 0 fully saturated rings. The summed E-state index contributed by atoms with van der Waals surface area (Å²) in [5.74, 6) is 0.480. The van der Waals surface area contributed by atoms with Crippen LogP contribution < -0.4 is 0 Å². The van der Waals surface area contributed by atoms with E-state index in [1.807, 2.05) is 27.7 Å². The fourth-order valence-electron chi connectivity index (χ4n) is 1.31. The van der Waals surface area contributed by atoms with E-state index in [9.17, 15) is 9.59 Å². The van der Waals surface area contributed by atoms with Crippen LogP contribution in [0.2, 0.25) is 8.49 Å². The molecule has 0 saturated heterocycles. The van der Waals surface area contributed by atoms with Crippen molar-refractivity contribution in [2.75, 3.05) is 0 Å². The molecule has 0 heterocycles. The number of Topliss-reactive ketones (excluding diaryl/α,β-unsaturated/α-hetero) is 2. The Morgan fingerprint density at radius 3 is 1.05 bits per heavy atom. The van der Waals surface area contributed by atoms with E-state index < -0.39 is 29.0 Å². The first-order chi connectivity index (χ1) is 7.95. The maximum absolute atomic E-state index is 10.6. The van der Waals surface area contributed by atoms with Gasteiger partial charge in [0.15, 0.2) is 0 Å². The minimum atomic E-state index is -0.440. The average Bonchev–Trinajstić information content (AvgIpc) is 2.15. The molecule has 0 bridgehead atoms. The fourth-order valence-corrected chi connectivity index (χ4v) is 3.33. The predicted molar refractivity (Wildman–Crippen MR) is 93.4 cm³/mol. The van der Waals surface area contributed by atoms with Crippen molar-refractivity contribution in [2.24, 2.45) is 0 Å². The summed E-state index contributed by atoms with van der Waals surface area (Å²) in [6.07, 6.45) is 1.27. The summed E-state index contributed by atoms with van der Waals surface area (Å²) in [7, 11) is 11.4. The first-order valence-electron chi connectivity index (χ1n) is 5.70. The molecule has 0 aliphatic carbocycles. The van der Waals surface area contributed by atoms with E-state index >= 15 is 0 Å². The van der Waals surface area contributed by atoms with Gasteiger partial charge in [-0.1, -0.05) is 0 Å².